The van der Waals surface area contributed by atoms with Gasteiger partial charge >= 0.3 is 5.69 Å². The molecular weight excluding hydrogens is 377 g/mol. The van der Waals surface area contributed by atoms with E-state index in [9.17, 15) is 9.18 Å². The molecule has 0 radical (unpaired) electrons. The van der Waals surface area contributed by atoms with Crippen molar-refractivity contribution in [3.05, 3.63) is 69.5 Å². The van der Waals surface area contributed by atoms with E-state index in [1.54, 1.807) is 11.3 Å². The Labute approximate surface area is 166 Å². The lowest BCUT2D eigenvalue weighted by Gasteiger charge is -2.18. The van der Waals surface area contributed by atoms with Crippen molar-refractivity contribution < 1.29 is 4.39 Å². The number of halogens is 1. The van der Waals surface area contributed by atoms with Crippen LogP contribution in [-0.2, 0) is 19.5 Å². The fourth-order valence-electron chi connectivity index (χ4n) is 3.34. The number of hydrogen-bond donors (Lipinski definition) is 2. The summed E-state index contributed by atoms with van der Waals surface area (Å²) in [5, 5.41) is 7.49. The van der Waals surface area contributed by atoms with Gasteiger partial charge in [0.05, 0.1) is 19.4 Å². The van der Waals surface area contributed by atoms with E-state index in [1.165, 1.54) is 37.3 Å². The first-order chi connectivity index (χ1) is 13.7. The molecule has 6 nitrogen and oxygen atoms in total. The number of rotatable bonds is 6. The van der Waals surface area contributed by atoms with Crippen molar-refractivity contribution in [1.29, 1.82) is 0 Å². The van der Waals surface area contributed by atoms with E-state index in [0.29, 0.717) is 18.4 Å². The van der Waals surface area contributed by atoms with E-state index >= 15 is 0 Å². The van der Waals surface area contributed by atoms with Crippen LogP contribution in [0, 0.1) is 0 Å². The average Bonchev–Trinajstić information content (AvgIpc) is 3.33. The molecule has 3 aromatic rings. The lowest BCUT2D eigenvalue weighted by molar-refractivity contribution is 0.604. The lowest BCUT2D eigenvalue weighted by atomic mass is 10.0. The zero-order chi connectivity index (χ0) is 19.5. The van der Waals surface area contributed by atoms with Crippen molar-refractivity contribution in [2.24, 2.45) is 5.73 Å². The molecule has 3 N–H and O–H groups in total. The smallest absolute Gasteiger partial charge is 0.346 e. The van der Waals surface area contributed by atoms with Crippen molar-refractivity contribution in [2.45, 2.75) is 25.9 Å². The molecule has 4 rings (SSSR count). The maximum Gasteiger partial charge on any atom is 0.346 e. The van der Waals surface area contributed by atoms with Crippen LogP contribution < -0.4 is 16.7 Å². The van der Waals surface area contributed by atoms with E-state index < -0.39 is 0 Å². The summed E-state index contributed by atoms with van der Waals surface area (Å²) >= 11 is 1.66. The van der Waals surface area contributed by atoms with Gasteiger partial charge in [0.25, 0.3) is 0 Å². The van der Waals surface area contributed by atoms with E-state index in [4.69, 9.17) is 5.73 Å². The third-order valence-electron chi connectivity index (χ3n) is 4.88. The summed E-state index contributed by atoms with van der Waals surface area (Å²) in [5.74, 6) is 0. The first-order valence-electron chi connectivity index (χ1n) is 9.24. The standard InChI is InChI=1S/C20H22FN5OS/c21-9-14(10-22)11-26-20(27)25(13-24-26)12-17-4-6-19(28-17)16-3-5-18-15(8-16)2-1-7-23-18/h3-6,8-9,13,23H,1-2,7,10-12,22H2/b14-9+. The summed E-state index contributed by atoms with van der Waals surface area (Å²) in [4.78, 5) is 14.7. The first kappa shape index (κ1) is 18.6. The Balaban J connectivity index is 1.51. The topological polar surface area (TPSA) is 77.9 Å². The molecule has 1 aromatic carbocycles. The number of anilines is 1. The van der Waals surface area contributed by atoms with E-state index in [0.717, 1.165) is 24.3 Å². The van der Waals surface area contributed by atoms with Crippen LogP contribution >= 0.6 is 11.3 Å². The molecule has 0 aliphatic carbocycles. The first-order valence-corrected chi connectivity index (χ1v) is 10.1. The third-order valence-corrected chi connectivity index (χ3v) is 6.00. The summed E-state index contributed by atoms with van der Waals surface area (Å²) in [6, 6.07) is 10.7. The number of nitrogens with one attached hydrogen (secondary N) is 1. The normalized spacial score (nSPS) is 14.0. The van der Waals surface area contributed by atoms with Gasteiger partial charge in [-0.2, -0.15) is 5.10 Å². The van der Waals surface area contributed by atoms with E-state index in [1.807, 2.05) is 6.07 Å². The molecule has 0 amide bonds. The van der Waals surface area contributed by atoms with Crippen LogP contribution in [0.1, 0.15) is 16.9 Å². The molecule has 146 valence electrons. The van der Waals surface area contributed by atoms with Crippen molar-refractivity contribution in [1.82, 2.24) is 14.3 Å². The molecule has 28 heavy (non-hydrogen) atoms. The largest absolute Gasteiger partial charge is 0.385 e. The van der Waals surface area contributed by atoms with E-state index in [2.05, 4.69) is 34.7 Å². The molecule has 0 saturated carbocycles. The van der Waals surface area contributed by atoms with Crippen molar-refractivity contribution in [3.63, 3.8) is 0 Å². The monoisotopic (exact) mass is 399 g/mol. The van der Waals surface area contributed by atoms with Gasteiger partial charge in [-0.25, -0.2) is 13.9 Å². The van der Waals surface area contributed by atoms with Crippen LogP contribution in [0.25, 0.3) is 10.4 Å². The van der Waals surface area contributed by atoms with Crippen molar-refractivity contribution in [2.75, 3.05) is 18.4 Å². The van der Waals surface area contributed by atoms with Crippen LogP contribution in [0.15, 0.2) is 53.4 Å². The highest BCUT2D eigenvalue weighted by Gasteiger charge is 2.12. The quantitative estimate of drug-likeness (QED) is 0.668. The van der Waals surface area contributed by atoms with Crippen LogP contribution in [0.2, 0.25) is 0 Å². The van der Waals surface area contributed by atoms with Crippen molar-refractivity contribution in [3.8, 4) is 10.4 Å². The number of aromatic nitrogens is 3. The molecule has 0 atom stereocenters. The van der Waals surface area contributed by atoms with Gasteiger partial charge in [0.15, 0.2) is 0 Å². The molecule has 0 spiro atoms. The highest BCUT2D eigenvalue weighted by Crippen LogP contribution is 2.32. The highest BCUT2D eigenvalue weighted by atomic mass is 32.1. The maximum absolute atomic E-state index is 12.7. The number of aryl methyl sites for hydroxylation is 1. The molecule has 1 aliphatic heterocycles. The zero-order valence-electron chi connectivity index (χ0n) is 15.4. The van der Waals surface area contributed by atoms with Crippen LogP contribution in [-0.4, -0.2) is 27.4 Å². The number of benzene rings is 1. The summed E-state index contributed by atoms with van der Waals surface area (Å²) in [7, 11) is 0. The number of nitrogens with two attached hydrogens (primary N) is 1. The SMILES string of the molecule is NC/C(=C\F)Cn1ncn(Cc2ccc(-c3ccc4c(c3)CCCN4)s2)c1=O. The van der Waals surface area contributed by atoms with Gasteiger partial charge < -0.3 is 11.1 Å². The Hall–Kier alpha value is -2.71. The van der Waals surface area contributed by atoms with Gasteiger partial charge in [-0.1, -0.05) is 6.07 Å². The third kappa shape index (κ3) is 3.79. The number of thiophene rings is 1. The van der Waals surface area contributed by atoms with Crippen LogP contribution in [0.5, 0.6) is 0 Å². The molecule has 0 unspecified atom stereocenters. The Morgan fingerprint density at radius 1 is 1.36 bits per heavy atom. The van der Waals surface area contributed by atoms with Gasteiger partial charge in [0.1, 0.15) is 6.33 Å². The minimum Gasteiger partial charge on any atom is -0.385 e. The van der Waals surface area contributed by atoms with Gasteiger partial charge in [0.2, 0.25) is 0 Å². The predicted molar refractivity (Wildman–Crippen MR) is 110 cm³/mol. The van der Waals surface area contributed by atoms with Crippen LogP contribution in [0.3, 0.4) is 0 Å². The van der Waals surface area contributed by atoms with Gasteiger partial charge in [0, 0.05) is 28.5 Å². The number of fused-ring (bicyclic) bond motifs is 1. The van der Waals surface area contributed by atoms with Crippen molar-refractivity contribution >= 4 is 17.0 Å². The van der Waals surface area contributed by atoms with Gasteiger partial charge in [-0.15, -0.1) is 11.3 Å². The average molecular weight is 399 g/mol. The van der Waals surface area contributed by atoms with Crippen LogP contribution in [0.4, 0.5) is 10.1 Å². The maximum atomic E-state index is 12.7. The molecule has 2 aromatic heterocycles. The molecule has 1 aliphatic rings. The Morgan fingerprint density at radius 3 is 3.07 bits per heavy atom. The molecule has 0 saturated heterocycles. The molecule has 8 heteroatoms. The molecule has 0 fully saturated rings. The summed E-state index contributed by atoms with van der Waals surface area (Å²) in [6.07, 6.45) is 4.17. The number of nitrogens with zero attached hydrogens (tertiary/aromatic N) is 3. The predicted octanol–water partition coefficient (Wildman–Crippen LogP) is 2.99. The van der Waals surface area contributed by atoms with Gasteiger partial charge in [-0.05, 0) is 53.8 Å². The Kier molecular flexibility index (Phi) is 5.40. The summed E-state index contributed by atoms with van der Waals surface area (Å²) < 4.78 is 15.5. The number of hydrogen-bond acceptors (Lipinski definition) is 5. The second-order valence-electron chi connectivity index (χ2n) is 6.84. The fourth-order valence-corrected chi connectivity index (χ4v) is 4.34. The van der Waals surface area contributed by atoms with Gasteiger partial charge in [-0.3, -0.25) is 4.57 Å². The second kappa shape index (κ2) is 8.12. The molecule has 0 bridgehead atoms. The molecular formula is C20H22FN5OS. The zero-order valence-corrected chi connectivity index (χ0v) is 16.2. The Morgan fingerprint density at radius 2 is 2.25 bits per heavy atom. The lowest BCUT2D eigenvalue weighted by Crippen LogP contribution is -2.26. The summed E-state index contributed by atoms with van der Waals surface area (Å²) in [6.45, 7) is 1.59. The minimum atomic E-state index is -0.275. The molecule has 3 heterocycles. The minimum absolute atomic E-state index is 0.0559. The Bertz CT molecular complexity index is 1060. The summed E-state index contributed by atoms with van der Waals surface area (Å²) in [5.41, 5.74) is 9.28. The second-order valence-corrected chi connectivity index (χ2v) is 8.01. The highest BCUT2D eigenvalue weighted by molar-refractivity contribution is 7.15. The fraction of sp³-hybridized carbons (Fsp3) is 0.300. The van der Waals surface area contributed by atoms with E-state index in [-0.39, 0.29) is 18.8 Å².